The lowest BCUT2D eigenvalue weighted by molar-refractivity contribution is 1.19. The molecule has 0 radical (unpaired) electrons. The molecule has 24 rings (SSSR count). The highest BCUT2D eigenvalue weighted by atomic mass is 32.1. The quantitative estimate of drug-likeness (QED) is 0.130. The molecule has 408 valence electrons. The predicted octanol–water partition coefficient (Wildman–Crippen LogP) is 13.6. The first-order valence-corrected chi connectivity index (χ1v) is 34.2. The molecule has 0 aliphatic carbocycles. The number of thiophene rings is 9. The van der Waals surface area contributed by atoms with Crippen LogP contribution in [0.15, 0.2) is 134 Å². The van der Waals surface area contributed by atoms with Crippen LogP contribution in [-0.4, -0.2) is 56.3 Å². The Kier molecular flexibility index (Phi) is 8.38. The van der Waals surface area contributed by atoms with Gasteiger partial charge in [-0.3, -0.25) is 55.2 Å². The molecule has 0 saturated heterocycles. The van der Waals surface area contributed by atoms with Gasteiger partial charge in [-0.1, -0.05) is 0 Å². The highest BCUT2D eigenvalue weighted by Crippen LogP contribution is 2.46. The number of hydrogen-bond donors (Lipinski definition) is 0. The van der Waals surface area contributed by atoms with Gasteiger partial charge < -0.3 is 0 Å². The minimum atomic E-state index is -0.111. The Hall–Kier alpha value is -9.42. The van der Waals surface area contributed by atoms with Crippen LogP contribution < -0.4 is 33.4 Å². The number of fused-ring (bicyclic) bond motifs is 24. The van der Waals surface area contributed by atoms with Crippen LogP contribution in [-0.2, 0) is 0 Å². The number of imidazole rings is 6. The third kappa shape index (κ3) is 5.37. The maximum absolute atomic E-state index is 13.5. The number of hydrogen-bond acceptors (Lipinski definition) is 21. The Balaban J connectivity index is 0.0000000874. The summed E-state index contributed by atoms with van der Waals surface area (Å²) in [5, 5.41) is 21.2. The molecule has 87 heavy (non-hydrogen) atoms. The van der Waals surface area contributed by atoms with E-state index < -0.39 is 0 Å². The first-order valence-electron chi connectivity index (χ1n) is 26.5. The van der Waals surface area contributed by atoms with Crippen LogP contribution in [0.5, 0.6) is 0 Å². The maximum Gasteiger partial charge on any atom is 0.274 e. The van der Waals surface area contributed by atoms with E-state index in [-0.39, 0.29) is 33.4 Å². The molecule has 21 aromatic heterocycles. The highest BCUT2D eigenvalue weighted by molar-refractivity contribution is 7.28. The van der Waals surface area contributed by atoms with E-state index in [9.17, 15) is 28.8 Å². The van der Waals surface area contributed by atoms with Crippen molar-refractivity contribution in [3.63, 3.8) is 0 Å². The number of pyridine rings is 6. The van der Waals surface area contributed by atoms with Crippen molar-refractivity contribution in [3.05, 3.63) is 167 Å². The van der Waals surface area contributed by atoms with Gasteiger partial charge in [0.15, 0.2) is 16.9 Å². The average Bonchev–Trinajstić information content (AvgIpc) is 1.59. The van der Waals surface area contributed by atoms with Crippen LogP contribution in [0.2, 0.25) is 0 Å². The van der Waals surface area contributed by atoms with Gasteiger partial charge in [-0.25, -0.2) is 29.9 Å². The van der Waals surface area contributed by atoms with Crippen LogP contribution in [0.4, 0.5) is 0 Å². The van der Waals surface area contributed by atoms with Crippen molar-refractivity contribution in [1.82, 2.24) is 56.3 Å². The first-order chi connectivity index (χ1) is 42.7. The third-order valence-corrected chi connectivity index (χ3v) is 25.4. The molecule has 3 aromatic carbocycles. The summed E-state index contributed by atoms with van der Waals surface area (Å²) in [6.45, 7) is 0. The van der Waals surface area contributed by atoms with Gasteiger partial charge in [0.2, 0.25) is 0 Å². The van der Waals surface area contributed by atoms with Crippen LogP contribution in [0.1, 0.15) is 0 Å². The molecule has 0 fully saturated rings. The van der Waals surface area contributed by atoms with Crippen molar-refractivity contribution in [2.45, 2.75) is 0 Å². The molecule has 18 nitrogen and oxygen atoms in total. The van der Waals surface area contributed by atoms with Gasteiger partial charge in [0, 0.05) is 64.6 Å². The van der Waals surface area contributed by atoms with E-state index in [1.165, 1.54) is 90.7 Å². The summed E-state index contributed by atoms with van der Waals surface area (Å²) in [5.41, 5.74) is 8.32. The molecule has 0 N–H and O–H groups in total. The zero-order valence-corrected chi connectivity index (χ0v) is 50.2. The van der Waals surface area contributed by atoms with Gasteiger partial charge >= 0.3 is 0 Å². The number of benzene rings is 3. The fraction of sp³-hybridized carbons (Fsp3) is 0. The second kappa shape index (κ2) is 15.6. The Morgan fingerprint density at radius 1 is 0.230 bits per heavy atom. The number of aromatic nitrogens is 12. The Morgan fingerprint density at radius 2 is 0.437 bits per heavy atom. The Labute approximate surface area is 509 Å². The standard InChI is InChI=1S/3C20H6N4O2S3/c25-19-8-2-1-7-11-12(8)13(16-22-18-10(24(16)19)4-6-28-18)29-14(11)20(26)23-9-3-5-27-17(9)21-15(7)23;25-19-7-1-2-8-12-11(7)13(15-21-17-9(23(15)19)3-5-27-17)29-14(12)16-22-18-10(4-6-28-18)24(16)20(8)26;25-19-13-11-7(15-21-17-9(23(15)19)3-5-27-17)1-2-8-12(11)14(29-13)20(26)24-10-4-6-28-18(10)22-16(8)24/h3*1-6H. The van der Waals surface area contributed by atoms with Crippen LogP contribution in [0.3, 0.4) is 0 Å². The summed E-state index contributed by atoms with van der Waals surface area (Å²) in [5.74, 6) is 0. The molecule has 0 spiro atoms. The van der Waals surface area contributed by atoms with E-state index in [0.717, 1.165) is 125 Å². The summed E-state index contributed by atoms with van der Waals surface area (Å²) in [4.78, 5) is 114. The third-order valence-electron chi connectivity index (χ3n) is 17.1. The summed E-state index contributed by atoms with van der Waals surface area (Å²) in [7, 11) is 0. The molecule has 0 unspecified atom stereocenters. The van der Waals surface area contributed by atoms with E-state index in [0.29, 0.717) is 64.1 Å². The summed E-state index contributed by atoms with van der Waals surface area (Å²) in [6.07, 6.45) is 0. The molecular formula is C60H18N12O6S9. The first kappa shape index (κ1) is 46.8. The lowest BCUT2D eigenvalue weighted by atomic mass is 10.0. The molecule has 0 bridgehead atoms. The molecule has 24 aromatic rings. The summed E-state index contributed by atoms with van der Waals surface area (Å²) >= 11 is 13.4. The summed E-state index contributed by atoms with van der Waals surface area (Å²) in [6, 6.07) is 22.9. The van der Waals surface area contributed by atoms with Crippen molar-refractivity contribution in [1.29, 1.82) is 0 Å². The molecule has 21 heterocycles. The van der Waals surface area contributed by atoms with Crippen molar-refractivity contribution >= 4 is 291 Å². The van der Waals surface area contributed by atoms with Gasteiger partial charge in [-0.15, -0.1) is 102 Å². The highest BCUT2D eigenvalue weighted by Gasteiger charge is 2.29. The van der Waals surface area contributed by atoms with Crippen LogP contribution in [0, 0.1) is 0 Å². The minimum absolute atomic E-state index is 0.0823. The molecular weight excluding hydrogens is 1270 g/mol. The lowest BCUT2D eigenvalue weighted by Gasteiger charge is -2.05. The molecule has 0 amide bonds. The van der Waals surface area contributed by atoms with Gasteiger partial charge in [-0.2, -0.15) is 0 Å². The van der Waals surface area contributed by atoms with Gasteiger partial charge in [0.1, 0.15) is 60.0 Å². The van der Waals surface area contributed by atoms with Crippen molar-refractivity contribution in [2.75, 3.05) is 0 Å². The fourth-order valence-corrected chi connectivity index (χ4v) is 21.8. The molecule has 0 aliphatic rings. The minimum Gasteiger partial charge on any atom is -0.268 e. The van der Waals surface area contributed by atoms with Crippen molar-refractivity contribution in [3.8, 4) is 0 Å². The topological polar surface area (TPSA) is 206 Å². The normalized spacial score (nSPS) is 13.1. The lowest BCUT2D eigenvalue weighted by Crippen LogP contribution is -2.14. The maximum atomic E-state index is 13.5. The SMILES string of the molecule is O=c1c2ccc3c(=O)n4c5ccsc5nc4c4sc(c2c34)c2nc3sccc3n12.O=c1c2sc3c(=O)n4c5ccsc5nc4c4ccc(c2c34)c2nc3sccc3n12.O=c1c2sc3c4c(ccc(c24)c2nc4sccc4n12)c(=O)n1c2ccsc2nc31. The van der Waals surface area contributed by atoms with E-state index in [4.69, 9.17) is 29.9 Å². The molecule has 27 heteroatoms. The van der Waals surface area contributed by atoms with Crippen molar-refractivity contribution < 1.29 is 0 Å². The Bertz CT molecular complexity index is 7260. The number of rotatable bonds is 0. The Morgan fingerprint density at radius 3 is 0.713 bits per heavy atom. The molecule has 0 aliphatic heterocycles. The second-order valence-corrected chi connectivity index (χ2v) is 29.6. The smallest absolute Gasteiger partial charge is 0.268 e. The monoisotopic (exact) mass is 1290 g/mol. The fourth-order valence-electron chi connectivity index (χ4n) is 13.6. The van der Waals surface area contributed by atoms with Crippen LogP contribution >= 0.6 is 102 Å². The summed E-state index contributed by atoms with van der Waals surface area (Å²) < 4.78 is 14.8. The zero-order chi connectivity index (χ0) is 57.0. The molecule has 0 saturated carbocycles. The molecule has 0 atom stereocenters. The van der Waals surface area contributed by atoms with E-state index >= 15 is 0 Å². The predicted molar refractivity (Wildman–Crippen MR) is 360 cm³/mol. The van der Waals surface area contributed by atoms with E-state index in [1.54, 1.807) is 49.9 Å². The number of nitrogens with zero attached hydrogens (tertiary/aromatic N) is 12. The largest absolute Gasteiger partial charge is 0.274 e. The van der Waals surface area contributed by atoms with Gasteiger partial charge in [-0.05, 0) is 105 Å². The van der Waals surface area contributed by atoms with Crippen LogP contribution in [0.25, 0.3) is 189 Å². The second-order valence-electron chi connectivity index (χ2n) is 21.1. The van der Waals surface area contributed by atoms with E-state index in [2.05, 4.69) is 0 Å². The van der Waals surface area contributed by atoms with Crippen molar-refractivity contribution in [2.24, 2.45) is 0 Å². The average molecular weight is 1290 g/mol. The zero-order valence-electron chi connectivity index (χ0n) is 42.9. The van der Waals surface area contributed by atoms with Gasteiger partial charge in [0.05, 0.1) is 47.2 Å². The van der Waals surface area contributed by atoms with Gasteiger partial charge in [0.25, 0.3) is 33.4 Å². The van der Waals surface area contributed by atoms with E-state index in [1.807, 2.05) is 92.9 Å².